The third kappa shape index (κ3) is 3.44. The molecule has 0 saturated carbocycles. The number of hydrogen-bond acceptors (Lipinski definition) is 4. The number of carboxylic acid groups (broad SMARTS) is 1. The van der Waals surface area contributed by atoms with Gasteiger partial charge in [0.1, 0.15) is 0 Å². The number of likely N-dealkylation sites (tertiary alicyclic amines) is 1. The summed E-state index contributed by atoms with van der Waals surface area (Å²) in [4.78, 5) is 14.6. The van der Waals surface area contributed by atoms with E-state index in [0.717, 1.165) is 23.4 Å². The monoisotopic (exact) mass is 349 g/mol. The number of benzene rings is 1. The van der Waals surface area contributed by atoms with E-state index < -0.39 is 11.8 Å². The molecule has 0 amide bonds. The molecule has 6 heteroatoms. The number of ether oxygens (including phenoxy) is 1. The van der Waals surface area contributed by atoms with Crippen LogP contribution in [-0.2, 0) is 4.79 Å². The van der Waals surface area contributed by atoms with E-state index >= 15 is 0 Å². The second kappa shape index (κ2) is 7.32. The number of halogens is 1. The zero-order chi connectivity index (χ0) is 17.1. The van der Waals surface area contributed by atoms with Gasteiger partial charge in [-0.25, -0.2) is 4.39 Å². The highest BCUT2D eigenvalue weighted by molar-refractivity contribution is 7.10. The molecule has 2 unspecified atom stereocenters. The van der Waals surface area contributed by atoms with E-state index in [2.05, 4.69) is 4.90 Å². The van der Waals surface area contributed by atoms with Crippen LogP contribution in [0.1, 0.15) is 29.3 Å². The fourth-order valence-corrected chi connectivity index (χ4v) is 4.18. The van der Waals surface area contributed by atoms with Crippen LogP contribution in [0.3, 0.4) is 0 Å². The SMILES string of the molecule is COc1ccc(C(c2cccs2)N2CCCC(C(=O)O)C2)cc1F. The summed E-state index contributed by atoms with van der Waals surface area (Å²) in [6.45, 7) is 1.28. The Hall–Kier alpha value is -1.92. The number of hydrogen-bond donors (Lipinski definition) is 1. The molecule has 1 saturated heterocycles. The molecule has 0 spiro atoms. The van der Waals surface area contributed by atoms with Gasteiger partial charge in [0.15, 0.2) is 11.6 Å². The number of thiophene rings is 1. The van der Waals surface area contributed by atoms with Crippen molar-refractivity contribution in [3.63, 3.8) is 0 Å². The first-order valence-corrected chi connectivity index (χ1v) is 8.82. The van der Waals surface area contributed by atoms with Gasteiger partial charge in [0, 0.05) is 11.4 Å². The third-order valence-corrected chi connectivity index (χ3v) is 5.40. The molecule has 1 aromatic carbocycles. The number of aliphatic carboxylic acids is 1. The van der Waals surface area contributed by atoms with Crippen molar-refractivity contribution in [1.82, 2.24) is 4.90 Å². The average molecular weight is 349 g/mol. The molecule has 4 nitrogen and oxygen atoms in total. The quantitative estimate of drug-likeness (QED) is 0.892. The van der Waals surface area contributed by atoms with Crippen LogP contribution in [-0.4, -0.2) is 36.2 Å². The largest absolute Gasteiger partial charge is 0.494 e. The van der Waals surface area contributed by atoms with Crippen molar-refractivity contribution in [2.45, 2.75) is 18.9 Å². The second-order valence-corrected chi connectivity index (χ2v) is 6.96. The van der Waals surface area contributed by atoms with Crippen molar-refractivity contribution in [3.8, 4) is 5.75 Å². The van der Waals surface area contributed by atoms with Crippen molar-refractivity contribution < 1.29 is 19.0 Å². The van der Waals surface area contributed by atoms with Gasteiger partial charge in [-0.05, 0) is 48.5 Å². The fourth-order valence-electron chi connectivity index (χ4n) is 3.30. The maximum Gasteiger partial charge on any atom is 0.307 e. The smallest absolute Gasteiger partial charge is 0.307 e. The van der Waals surface area contributed by atoms with Crippen LogP contribution in [0.4, 0.5) is 4.39 Å². The van der Waals surface area contributed by atoms with Crippen LogP contribution < -0.4 is 4.74 Å². The minimum Gasteiger partial charge on any atom is -0.494 e. The Morgan fingerprint density at radius 2 is 2.29 bits per heavy atom. The van der Waals surface area contributed by atoms with Crippen molar-refractivity contribution >= 4 is 17.3 Å². The molecule has 3 rings (SSSR count). The van der Waals surface area contributed by atoms with Gasteiger partial charge >= 0.3 is 5.97 Å². The second-order valence-electron chi connectivity index (χ2n) is 5.98. The van der Waals surface area contributed by atoms with Crippen molar-refractivity contribution in [2.75, 3.05) is 20.2 Å². The molecule has 0 aliphatic carbocycles. The highest BCUT2D eigenvalue weighted by Gasteiger charge is 2.32. The van der Waals surface area contributed by atoms with Crippen molar-refractivity contribution in [3.05, 3.63) is 52.0 Å². The molecule has 1 fully saturated rings. The molecule has 1 aliphatic heterocycles. The van der Waals surface area contributed by atoms with Gasteiger partial charge in [-0.1, -0.05) is 12.1 Å². The van der Waals surface area contributed by atoms with Crippen molar-refractivity contribution in [2.24, 2.45) is 5.92 Å². The third-order valence-electron chi connectivity index (χ3n) is 4.47. The zero-order valence-electron chi connectivity index (χ0n) is 13.4. The van der Waals surface area contributed by atoms with Crippen LogP contribution in [0.25, 0.3) is 0 Å². The molecule has 1 aromatic heterocycles. The van der Waals surface area contributed by atoms with Gasteiger partial charge in [-0.2, -0.15) is 0 Å². The summed E-state index contributed by atoms with van der Waals surface area (Å²) in [5.74, 6) is -1.32. The summed E-state index contributed by atoms with van der Waals surface area (Å²) in [5, 5.41) is 11.3. The number of rotatable bonds is 5. The highest BCUT2D eigenvalue weighted by Crippen LogP contribution is 2.36. The van der Waals surface area contributed by atoms with Crippen LogP contribution in [0.2, 0.25) is 0 Å². The van der Waals surface area contributed by atoms with E-state index in [1.807, 2.05) is 23.6 Å². The molecule has 2 heterocycles. The Labute approximate surface area is 144 Å². The molecule has 2 aromatic rings. The fraction of sp³-hybridized carbons (Fsp3) is 0.389. The summed E-state index contributed by atoms with van der Waals surface area (Å²) < 4.78 is 19.2. The molecular formula is C18H20FNO3S. The lowest BCUT2D eigenvalue weighted by atomic mass is 9.94. The Kier molecular flexibility index (Phi) is 5.16. The molecule has 128 valence electrons. The minimum absolute atomic E-state index is 0.132. The van der Waals surface area contributed by atoms with Gasteiger partial charge < -0.3 is 9.84 Å². The first-order valence-electron chi connectivity index (χ1n) is 7.94. The molecule has 1 aliphatic rings. The topological polar surface area (TPSA) is 49.8 Å². The lowest BCUT2D eigenvalue weighted by molar-refractivity contribution is -0.143. The Morgan fingerprint density at radius 3 is 2.92 bits per heavy atom. The van der Waals surface area contributed by atoms with Crippen LogP contribution >= 0.6 is 11.3 Å². The van der Waals surface area contributed by atoms with E-state index in [-0.39, 0.29) is 17.7 Å². The van der Waals surface area contributed by atoms with E-state index in [0.29, 0.717) is 13.0 Å². The summed E-state index contributed by atoms with van der Waals surface area (Å²) in [6, 6.07) is 8.83. The summed E-state index contributed by atoms with van der Waals surface area (Å²) in [6.07, 6.45) is 1.53. The highest BCUT2D eigenvalue weighted by atomic mass is 32.1. The number of carboxylic acids is 1. The zero-order valence-corrected chi connectivity index (χ0v) is 14.3. The number of nitrogens with zero attached hydrogens (tertiary/aromatic N) is 1. The summed E-state index contributed by atoms with van der Waals surface area (Å²) in [7, 11) is 1.44. The maximum absolute atomic E-state index is 14.2. The Balaban J connectivity index is 1.95. The normalized spacial score (nSPS) is 19.8. The average Bonchev–Trinajstić information content (AvgIpc) is 3.10. The van der Waals surface area contributed by atoms with Gasteiger partial charge in [-0.15, -0.1) is 11.3 Å². The summed E-state index contributed by atoms with van der Waals surface area (Å²) >= 11 is 1.60. The summed E-state index contributed by atoms with van der Waals surface area (Å²) in [5.41, 5.74) is 0.821. The first kappa shape index (κ1) is 16.9. The molecule has 0 radical (unpaired) electrons. The van der Waals surface area contributed by atoms with E-state index in [4.69, 9.17) is 4.74 Å². The van der Waals surface area contributed by atoms with E-state index in [1.54, 1.807) is 17.4 Å². The lowest BCUT2D eigenvalue weighted by Gasteiger charge is -2.37. The molecule has 24 heavy (non-hydrogen) atoms. The Morgan fingerprint density at radius 1 is 1.46 bits per heavy atom. The number of carbonyl (C=O) groups is 1. The lowest BCUT2D eigenvalue weighted by Crippen LogP contribution is -2.41. The maximum atomic E-state index is 14.2. The van der Waals surface area contributed by atoms with Crippen LogP contribution in [0.5, 0.6) is 5.75 Å². The van der Waals surface area contributed by atoms with Gasteiger partial charge in [0.2, 0.25) is 0 Å². The predicted octanol–water partition coefficient (Wildman–Crippen LogP) is 3.78. The van der Waals surface area contributed by atoms with Crippen LogP contribution in [0, 0.1) is 11.7 Å². The first-order chi connectivity index (χ1) is 11.6. The molecule has 1 N–H and O–H groups in total. The minimum atomic E-state index is -0.759. The van der Waals surface area contributed by atoms with Crippen molar-refractivity contribution in [1.29, 1.82) is 0 Å². The van der Waals surface area contributed by atoms with Gasteiger partial charge in [-0.3, -0.25) is 9.69 Å². The molecular weight excluding hydrogens is 329 g/mol. The molecule has 0 bridgehead atoms. The standard InChI is InChI=1S/C18H20FNO3S/c1-23-15-7-6-12(10-14(15)19)17(16-5-3-9-24-16)20-8-2-4-13(11-20)18(21)22/h3,5-7,9-10,13,17H,2,4,8,11H2,1H3,(H,21,22). The van der Waals surface area contributed by atoms with E-state index in [1.165, 1.54) is 13.2 Å². The molecule has 2 atom stereocenters. The number of methoxy groups -OCH3 is 1. The predicted molar refractivity (Wildman–Crippen MR) is 91.0 cm³/mol. The number of piperidine rings is 1. The van der Waals surface area contributed by atoms with Gasteiger partial charge in [0.05, 0.1) is 19.1 Å². The van der Waals surface area contributed by atoms with Gasteiger partial charge in [0.25, 0.3) is 0 Å². The Bertz CT molecular complexity index is 704. The van der Waals surface area contributed by atoms with E-state index in [9.17, 15) is 14.3 Å². The van der Waals surface area contributed by atoms with Crippen LogP contribution in [0.15, 0.2) is 35.7 Å².